The van der Waals surface area contributed by atoms with Crippen LogP contribution in [0.4, 0.5) is 5.82 Å². The number of nitrogens with zero attached hydrogens (tertiary/aromatic N) is 4. The lowest BCUT2D eigenvalue weighted by Crippen LogP contribution is -2.32. The number of H-pyrrole nitrogens is 1. The number of benzene rings is 2. The lowest BCUT2D eigenvalue weighted by molar-refractivity contribution is -0.113. The number of carbonyl (C=O) groups is 1. The molecule has 0 atom stereocenters. The van der Waals surface area contributed by atoms with E-state index in [4.69, 9.17) is 4.74 Å². The van der Waals surface area contributed by atoms with Crippen molar-refractivity contribution in [1.82, 2.24) is 24.1 Å². The Morgan fingerprint density at radius 2 is 1.85 bits per heavy atom. The normalized spacial score (nSPS) is 11.1. The number of rotatable bonds is 6. The number of pyridine rings is 1. The molecule has 0 aliphatic heterocycles. The number of fused-ring (bicyclic) bond motifs is 3. The number of methoxy groups -OCH3 is 1. The Hall–Kier alpha value is -4.38. The number of nitrogens with one attached hydrogen (secondary N) is 2. The van der Waals surface area contributed by atoms with E-state index in [0.717, 1.165) is 17.0 Å². The van der Waals surface area contributed by atoms with E-state index in [0.29, 0.717) is 22.2 Å². The summed E-state index contributed by atoms with van der Waals surface area (Å²) in [5, 5.41) is 12.6. The Balaban J connectivity index is 1.44. The van der Waals surface area contributed by atoms with Gasteiger partial charge in [0.15, 0.2) is 10.8 Å². The van der Waals surface area contributed by atoms with Crippen LogP contribution in [0.2, 0.25) is 0 Å². The van der Waals surface area contributed by atoms with Gasteiger partial charge in [0, 0.05) is 6.07 Å². The maximum Gasteiger partial charge on any atom is 0.334 e. The fraction of sp³-hybridized carbons (Fsp3) is 0.0870. The van der Waals surface area contributed by atoms with Gasteiger partial charge in [0.2, 0.25) is 5.91 Å². The highest BCUT2D eigenvalue weighted by atomic mass is 32.2. The highest BCUT2D eigenvalue weighted by molar-refractivity contribution is 7.99. The quantitative estimate of drug-likeness (QED) is 0.362. The predicted molar refractivity (Wildman–Crippen MR) is 129 cm³/mol. The van der Waals surface area contributed by atoms with Crippen LogP contribution in [0.25, 0.3) is 22.2 Å². The van der Waals surface area contributed by atoms with Gasteiger partial charge in [-0.2, -0.15) is 0 Å². The van der Waals surface area contributed by atoms with Gasteiger partial charge in [-0.25, -0.2) is 9.36 Å². The second-order valence-corrected chi connectivity index (χ2v) is 8.18. The first-order chi connectivity index (χ1) is 16.5. The van der Waals surface area contributed by atoms with Gasteiger partial charge in [-0.05, 0) is 35.7 Å². The van der Waals surface area contributed by atoms with E-state index in [2.05, 4.69) is 20.5 Å². The minimum Gasteiger partial charge on any atom is -0.495 e. The first-order valence-corrected chi connectivity index (χ1v) is 11.2. The zero-order valence-electron chi connectivity index (χ0n) is 17.9. The summed E-state index contributed by atoms with van der Waals surface area (Å²) < 4.78 is 8.39. The summed E-state index contributed by atoms with van der Waals surface area (Å²) >= 11 is 1.20. The Morgan fingerprint density at radius 1 is 1.06 bits per heavy atom. The van der Waals surface area contributed by atoms with Gasteiger partial charge in [-0.1, -0.05) is 42.1 Å². The lowest BCUT2D eigenvalue weighted by atomic mass is 10.2. The van der Waals surface area contributed by atoms with Crippen LogP contribution in [-0.2, 0) is 4.79 Å². The van der Waals surface area contributed by atoms with Crippen LogP contribution in [-0.4, -0.2) is 42.9 Å². The highest BCUT2D eigenvalue weighted by Crippen LogP contribution is 2.25. The maximum atomic E-state index is 12.8. The van der Waals surface area contributed by atoms with Crippen LogP contribution in [0.3, 0.4) is 0 Å². The molecule has 0 radical (unpaired) electrons. The minimum atomic E-state index is -0.699. The standard InChI is InChI=1S/C23H18N6O4S/c1-33-17-9-5-4-8-16(17)28-19(12-20(30)25-22(28)32)24-21(31)13-34-23-27-26-18-11-10-14-6-2-3-7-15(14)29(18)23/h2-12H,13H2,1H3,(H,24,31)(H,25,30,32). The van der Waals surface area contributed by atoms with E-state index in [-0.39, 0.29) is 11.6 Å². The molecule has 5 rings (SSSR count). The molecule has 2 N–H and O–H groups in total. The van der Waals surface area contributed by atoms with Crippen LogP contribution < -0.4 is 21.3 Å². The fourth-order valence-electron chi connectivity index (χ4n) is 3.66. The molecule has 3 heterocycles. The van der Waals surface area contributed by atoms with Gasteiger partial charge < -0.3 is 10.1 Å². The topological polar surface area (TPSA) is 123 Å². The molecule has 5 aromatic rings. The Bertz CT molecular complexity index is 1660. The molecule has 34 heavy (non-hydrogen) atoms. The summed E-state index contributed by atoms with van der Waals surface area (Å²) in [6.45, 7) is 0. The smallest absolute Gasteiger partial charge is 0.334 e. The summed E-state index contributed by atoms with van der Waals surface area (Å²) in [6.07, 6.45) is 0. The van der Waals surface area contributed by atoms with Crippen molar-refractivity contribution < 1.29 is 9.53 Å². The third kappa shape index (κ3) is 3.92. The predicted octanol–water partition coefficient (Wildman–Crippen LogP) is 2.46. The molecule has 0 saturated heterocycles. The first-order valence-electron chi connectivity index (χ1n) is 10.2. The summed E-state index contributed by atoms with van der Waals surface area (Å²) in [7, 11) is 1.47. The number of para-hydroxylation sites is 3. The van der Waals surface area contributed by atoms with Crippen molar-refractivity contribution in [3.63, 3.8) is 0 Å². The number of ether oxygens (including phenoxy) is 1. The highest BCUT2D eigenvalue weighted by Gasteiger charge is 2.16. The largest absolute Gasteiger partial charge is 0.495 e. The van der Waals surface area contributed by atoms with Crippen molar-refractivity contribution in [2.45, 2.75) is 5.16 Å². The van der Waals surface area contributed by atoms with Gasteiger partial charge in [0.25, 0.3) is 5.56 Å². The zero-order chi connectivity index (χ0) is 23.7. The summed E-state index contributed by atoms with van der Waals surface area (Å²) in [5.41, 5.74) is 0.641. The van der Waals surface area contributed by atoms with E-state index >= 15 is 0 Å². The van der Waals surface area contributed by atoms with E-state index < -0.39 is 17.2 Å². The van der Waals surface area contributed by atoms with Crippen LogP contribution in [0.15, 0.2) is 81.5 Å². The van der Waals surface area contributed by atoms with Crippen LogP contribution in [0.1, 0.15) is 0 Å². The monoisotopic (exact) mass is 474 g/mol. The molecule has 0 saturated carbocycles. The minimum absolute atomic E-state index is 0.0169. The number of amides is 1. The SMILES string of the molecule is COc1ccccc1-n1c(NC(=O)CSc2nnc3ccc4ccccc4n23)cc(=O)[nH]c1=O. The summed E-state index contributed by atoms with van der Waals surface area (Å²) in [5.74, 6) is -0.00363. The number of aromatic nitrogens is 5. The van der Waals surface area contributed by atoms with Gasteiger partial charge in [0.1, 0.15) is 11.6 Å². The molecule has 0 bridgehead atoms. The summed E-state index contributed by atoms with van der Waals surface area (Å²) in [6, 6.07) is 19.6. The van der Waals surface area contributed by atoms with E-state index in [1.165, 1.54) is 23.4 Å². The number of aromatic amines is 1. The van der Waals surface area contributed by atoms with Crippen molar-refractivity contribution >= 4 is 40.0 Å². The maximum absolute atomic E-state index is 12.8. The van der Waals surface area contributed by atoms with Gasteiger partial charge in [0.05, 0.1) is 24.1 Å². The second kappa shape index (κ2) is 8.87. The molecular formula is C23H18N6O4S. The zero-order valence-corrected chi connectivity index (χ0v) is 18.7. The average molecular weight is 475 g/mol. The van der Waals surface area contributed by atoms with Crippen LogP contribution in [0, 0.1) is 0 Å². The first kappa shape index (κ1) is 21.5. The van der Waals surface area contributed by atoms with Crippen molar-refractivity contribution in [3.8, 4) is 11.4 Å². The van der Waals surface area contributed by atoms with Crippen LogP contribution in [0.5, 0.6) is 5.75 Å². The molecular weight excluding hydrogens is 456 g/mol. The molecule has 10 nitrogen and oxygen atoms in total. The average Bonchev–Trinajstić information content (AvgIpc) is 3.26. The fourth-order valence-corrected chi connectivity index (χ4v) is 4.41. The molecule has 0 aliphatic carbocycles. The molecule has 1 amide bonds. The molecule has 3 aromatic heterocycles. The van der Waals surface area contributed by atoms with E-state index in [1.807, 2.05) is 40.8 Å². The van der Waals surface area contributed by atoms with E-state index in [1.54, 1.807) is 24.3 Å². The van der Waals surface area contributed by atoms with E-state index in [9.17, 15) is 14.4 Å². The Labute approximate surface area is 196 Å². The molecule has 2 aromatic carbocycles. The number of hydrogen-bond acceptors (Lipinski definition) is 7. The van der Waals surface area contributed by atoms with Crippen LogP contribution >= 0.6 is 11.8 Å². The number of anilines is 1. The van der Waals surface area contributed by atoms with Crippen molar-refractivity contribution in [1.29, 1.82) is 0 Å². The van der Waals surface area contributed by atoms with Crippen molar-refractivity contribution in [2.24, 2.45) is 0 Å². The Morgan fingerprint density at radius 3 is 2.71 bits per heavy atom. The van der Waals surface area contributed by atoms with Gasteiger partial charge >= 0.3 is 5.69 Å². The number of hydrogen-bond donors (Lipinski definition) is 2. The molecule has 170 valence electrons. The third-order valence-electron chi connectivity index (χ3n) is 5.12. The molecule has 0 aliphatic rings. The van der Waals surface area contributed by atoms with Gasteiger partial charge in [-0.3, -0.25) is 19.0 Å². The molecule has 11 heteroatoms. The Kier molecular flexibility index (Phi) is 5.60. The van der Waals surface area contributed by atoms with Crippen molar-refractivity contribution in [2.75, 3.05) is 18.2 Å². The third-order valence-corrected chi connectivity index (χ3v) is 6.04. The lowest BCUT2D eigenvalue weighted by Gasteiger charge is -2.15. The summed E-state index contributed by atoms with van der Waals surface area (Å²) in [4.78, 5) is 39.6. The van der Waals surface area contributed by atoms with Crippen molar-refractivity contribution in [3.05, 3.63) is 87.6 Å². The number of thioether (sulfide) groups is 1. The molecule has 0 fully saturated rings. The van der Waals surface area contributed by atoms with Gasteiger partial charge in [-0.15, -0.1) is 10.2 Å². The molecule has 0 spiro atoms. The second-order valence-electron chi connectivity index (χ2n) is 7.24. The number of carbonyl (C=O) groups excluding carboxylic acids is 1. The molecule has 0 unspecified atom stereocenters.